The van der Waals surface area contributed by atoms with E-state index < -0.39 is 16.5 Å². The number of carbonyl (C=O) groups excluding carboxylic acids is 1. The van der Waals surface area contributed by atoms with Gasteiger partial charge in [0.15, 0.2) is 0 Å². The van der Waals surface area contributed by atoms with Crippen LogP contribution in [0.3, 0.4) is 0 Å². The Morgan fingerprint density at radius 1 is 1.23 bits per heavy atom. The minimum Gasteiger partial charge on any atom is -0.497 e. The maximum atomic E-state index is 12.5. The number of nitro groups is 1. The Balaban J connectivity index is 2.00. The maximum Gasteiger partial charge on any atom is 0.360 e. The van der Waals surface area contributed by atoms with Gasteiger partial charge in [0.05, 0.1) is 17.6 Å². The largest absolute Gasteiger partial charge is 0.497 e. The quantitative estimate of drug-likeness (QED) is 0.392. The number of hydrogen-bond acceptors (Lipinski definition) is 6. The second-order valence-corrected chi connectivity index (χ2v) is 6.08. The number of halogens is 1. The number of non-ortho nitro benzene ring substituents is 1. The molecule has 0 fully saturated rings. The van der Waals surface area contributed by atoms with E-state index >= 15 is 0 Å². The van der Waals surface area contributed by atoms with E-state index in [1.165, 1.54) is 37.4 Å². The molecule has 1 aromatic heterocycles. The number of nitrogens with one attached hydrogen (secondary N) is 1. The van der Waals surface area contributed by atoms with Crippen LogP contribution in [0, 0.1) is 10.1 Å². The summed E-state index contributed by atoms with van der Waals surface area (Å²) in [5, 5.41) is 13.7. The van der Waals surface area contributed by atoms with Crippen molar-refractivity contribution in [3.05, 3.63) is 73.0 Å². The summed E-state index contributed by atoms with van der Waals surface area (Å²) in [5.74, 6) is -0.0904. The molecule has 3 aromatic rings. The third-order valence-electron chi connectivity index (χ3n) is 3.59. The molecule has 0 saturated heterocycles. The number of hydrogen-bond donors (Lipinski definition) is 1. The molecule has 9 heteroatoms. The van der Waals surface area contributed by atoms with Crippen LogP contribution in [0.5, 0.6) is 5.75 Å². The molecule has 1 amide bonds. The Morgan fingerprint density at radius 2 is 2.00 bits per heavy atom. The summed E-state index contributed by atoms with van der Waals surface area (Å²) in [6, 6.07) is 9.98. The molecule has 0 aliphatic rings. The normalized spacial score (nSPS) is 10.5. The van der Waals surface area contributed by atoms with Gasteiger partial charge in [-0.1, -0.05) is 0 Å². The lowest BCUT2D eigenvalue weighted by Gasteiger charge is -2.08. The summed E-state index contributed by atoms with van der Waals surface area (Å²) in [5.41, 5.74) is -0.611. The average Bonchev–Trinajstić information content (AvgIpc) is 2.62. The highest BCUT2D eigenvalue weighted by molar-refractivity contribution is 9.10. The van der Waals surface area contributed by atoms with Crippen LogP contribution >= 0.6 is 15.9 Å². The van der Waals surface area contributed by atoms with Gasteiger partial charge in [-0.05, 0) is 46.3 Å². The highest BCUT2D eigenvalue weighted by Gasteiger charge is 2.16. The summed E-state index contributed by atoms with van der Waals surface area (Å²) in [4.78, 5) is 34.9. The van der Waals surface area contributed by atoms with Gasteiger partial charge in [-0.15, -0.1) is 0 Å². The lowest BCUT2D eigenvalue weighted by atomic mass is 10.2. The topological polar surface area (TPSA) is 112 Å². The minimum atomic E-state index is -0.765. The fraction of sp³-hybridized carbons (Fsp3) is 0.0588. The van der Waals surface area contributed by atoms with Gasteiger partial charge in [0.25, 0.3) is 11.6 Å². The van der Waals surface area contributed by atoms with Crippen molar-refractivity contribution in [1.29, 1.82) is 0 Å². The molecule has 0 aliphatic heterocycles. The Labute approximate surface area is 154 Å². The first-order chi connectivity index (χ1) is 12.4. The van der Waals surface area contributed by atoms with E-state index in [9.17, 15) is 19.7 Å². The number of benzene rings is 2. The zero-order valence-corrected chi connectivity index (χ0v) is 14.9. The molecule has 0 atom stereocenters. The van der Waals surface area contributed by atoms with Crippen LogP contribution < -0.4 is 15.7 Å². The predicted molar refractivity (Wildman–Crippen MR) is 97.8 cm³/mol. The fourth-order valence-electron chi connectivity index (χ4n) is 2.31. The van der Waals surface area contributed by atoms with Crippen molar-refractivity contribution in [2.75, 3.05) is 12.4 Å². The van der Waals surface area contributed by atoms with Crippen LogP contribution in [0.2, 0.25) is 0 Å². The summed E-state index contributed by atoms with van der Waals surface area (Å²) < 4.78 is 10.7. The first-order valence-corrected chi connectivity index (χ1v) is 8.05. The van der Waals surface area contributed by atoms with E-state index in [0.717, 1.165) is 0 Å². The van der Waals surface area contributed by atoms with Crippen LogP contribution in [0.15, 0.2) is 56.1 Å². The number of amides is 1. The summed E-state index contributed by atoms with van der Waals surface area (Å²) >= 11 is 3.26. The van der Waals surface area contributed by atoms with Crippen molar-refractivity contribution in [2.45, 2.75) is 0 Å². The van der Waals surface area contributed by atoms with Crippen molar-refractivity contribution in [3.63, 3.8) is 0 Å². The van der Waals surface area contributed by atoms with Crippen molar-refractivity contribution in [1.82, 2.24) is 0 Å². The molecule has 1 heterocycles. The van der Waals surface area contributed by atoms with Gasteiger partial charge in [0, 0.05) is 22.0 Å². The zero-order chi connectivity index (χ0) is 18.8. The number of carbonyl (C=O) groups is 1. The number of methoxy groups -OCH3 is 1. The third kappa shape index (κ3) is 3.42. The van der Waals surface area contributed by atoms with Gasteiger partial charge < -0.3 is 14.5 Å². The number of fused-ring (bicyclic) bond motifs is 1. The standard InChI is InChI=1S/C17H11BrN2O6/c1-25-11-3-4-13(18)12(8-11)16(21)19-14-7-9-6-10(20(23)24)2-5-15(9)26-17(14)22/h2-8H,1H3,(H,19,21). The number of nitrogens with zero attached hydrogens (tertiary/aromatic N) is 1. The Bertz CT molecular complexity index is 1090. The molecule has 26 heavy (non-hydrogen) atoms. The van der Waals surface area contributed by atoms with Gasteiger partial charge in [0.1, 0.15) is 17.0 Å². The smallest absolute Gasteiger partial charge is 0.360 e. The van der Waals surface area contributed by atoms with Crippen LogP contribution in [0.1, 0.15) is 10.4 Å². The highest BCUT2D eigenvalue weighted by atomic mass is 79.9. The number of nitro benzene ring substituents is 1. The van der Waals surface area contributed by atoms with E-state index in [0.29, 0.717) is 15.6 Å². The predicted octanol–water partition coefficient (Wildman–Crippen LogP) is 3.72. The van der Waals surface area contributed by atoms with Crippen LogP contribution in [0.4, 0.5) is 11.4 Å². The first-order valence-electron chi connectivity index (χ1n) is 7.26. The van der Waals surface area contributed by atoms with E-state index in [1.54, 1.807) is 12.1 Å². The molecule has 0 saturated carbocycles. The fourth-order valence-corrected chi connectivity index (χ4v) is 2.73. The van der Waals surface area contributed by atoms with E-state index in [1.807, 2.05) is 0 Å². The van der Waals surface area contributed by atoms with Gasteiger partial charge in [-0.2, -0.15) is 0 Å². The minimum absolute atomic E-state index is 0.127. The van der Waals surface area contributed by atoms with Crippen LogP contribution in [-0.2, 0) is 0 Å². The molecule has 0 radical (unpaired) electrons. The molecule has 2 aromatic carbocycles. The number of ether oxygens (including phenoxy) is 1. The van der Waals surface area contributed by atoms with E-state index in [4.69, 9.17) is 9.15 Å². The average molecular weight is 419 g/mol. The number of anilines is 1. The van der Waals surface area contributed by atoms with Gasteiger partial charge in [-0.3, -0.25) is 14.9 Å². The molecule has 3 rings (SSSR count). The maximum absolute atomic E-state index is 12.5. The molecule has 8 nitrogen and oxygen atoms in total. The second kappa shape index (κ2) is 6.96. The molecule has 0 aliphatic carbocycles. The Morgan fingerprint density at radius 3 is 2.69 bits per heavy atom. The molecule has 0 unspecified atom stereocenters. The summed E-state index contributed by atoms with van der Waals surface area (Å²) in [6.45, 7) is 0. The molecule has 0 spiro atoms. The lowest BCUT2D eigenvalue weighted by molar-refractivity contribution is -0.384. The van der Waals surface area contributed by atoms with E-state index in [2.05, 4.69) is 21.2 Å². The van der Waals surface area contributed by atoms with Gasteiger partial charge in [0.2, 0.25) is 0 Å². The molecule has 132 valence electrons. The van der Waals surface area contributed by atoms with E-state index in [-0.39, 0.29) is 22.5 Å². The first kappa shape index (κ1) is 17.6. The summed E-state index contributed by atoms with van der Waals surface area (Å²) in [6.07, 6.45) is 0. The van der Waals surface area contributed by atoms with Crippen molar-refractivity contribution in [3.8, 4) is 5.75 Å². The van der Waals surface area contributed by atoms with Crippen molar-refractivity contribution in [2.24, 2.45) is 0 Å². The second-order valence-electron chi connectivity index (χ2n) is 5.23. The molecule has 1 N–H and O–H groups in total. The highest BCUT2D eigenvalue weighted by Crippen LogP contribution is 2.25. The Hall–Kier alpha value is -3.20. The van der Waals surface area contributed by atoms with Gasteiger partial charge >= 0.3 is 5.63 Å². The van der Waals surface area contributed by atoms with Crippen LogP contribution in [0.25, 0.3) is 11.0 Å². The lowest BCUT2D eigenvalue weighted by Crippen LogP contribution is -2.18. The number of rotatable bonds is 4. The van der Waals surface area contributed by atoms with Crippen molar-refractivity contribution < 1.29 is 18.9 Å². The third-order valence-corrected chi connectivity index (χ3v) is 4.28. The Kier molecular flexibility index (Phi) is 4.72. The molecule has 0 bridgehead atoms. The molecular formula is C17H11BrN2O6. The SMILES string of the molecule is COc1ccc(Br)c(C(=O)Nc2cc3cc([N+](=O)[O-])ccc3oc2=O)c1. The zero-order valence-electron chi connectivity index (χ0n) is 13.3. The summed E-state index contributed by atoms with van der Waals surface area (Å²) in [7, 11) is 1.47. The van der Waals surface area contributed by atoms with Crippen molar-refractivity contribution >= 4 is 44.2 Å². The van der Waals surface area contributed by atoms with Crippen LogP contribution in [-0.4, -0.2) is 17.9 Å². The monoisotopic (exact) mass is 418 g/mol. The van der Waals surface area contributed by atoms with Gasteiger partial charge in [-0.25, -0.2) is 4.79 Å². The molecular weight excluding hydrogens is 408 g/mol.